The van der Waals surface area contributed by atoms with Crippen molar-refractivity contribution in [3.8, 4) is 0 Å². The lowest BCUT2D eigenvalue weighted by atomic mass is 9.65. The molecule has 1 saturated heterocycles. The molecule has 0 aliphatic carbocycles. The summed E-state index contributed by atoms with van der Waals surface area (Å²) in [5, 5.41) is 3.31. The Morgan fingerprint density at radius 2 is 1.86 bits per heavy atom. The first kappa shape index (κ1) is 18.2. The topological polar surface area (TPSA) is 73.8 Å². The summed E-state index contributed by atoms with van der Waals surface area (Å²) >= 11 is 0. The van der Waals surface area contributed by atoms with Crippen LogP contribution < -0.4 is 10.0 Å². The van der Waals surface area contributed by atoms with Crippen molar-refractivity contribution < 1.29 is 8.42 Å². The number of hydrogen-bond donors (Lipinski definition) is 2. The highest BCUT2D eigenvalue weighted by Crippen LogP contribution is 2.46. The molecule has 0 radical (unpaired) electrons. The average Bonchev–Trinajstić information content (AvgIpc) is 2.41. The second-order valence-corrected chi connectivity index (χ2v) is 8.75. The smallest absolute Gasteiger partial charge is 0.211 e. The summed E-state index contributed by atoms with van der Waals surface area (Å²) in [6.07, 6.45) is 0.732. The first-order valence-corrected chi connectivity index (χ1v) is 9.18. The zero-order valence-electron chi connectivity index (χ0n) is 14.2. The summed E-state index contributed by atoms with van der Waals surface area (Å²) in [6.45, 7) is 12.7. The molecule has 7 heteroatoms. The number of likely N-dealkylation sites (tertiary alicyclic amines) is 1. The molecule has 1 aliphatic rings. The summed E-state index contributed by atoms with van der Waals surface area (Å²) < 4.78 is 25.2. The van der Waals surface area contributed by atoms with Gasteiger partial charge < -0.3 is 10.2 Å². The molecular formula is C14H30N4O2S. The van der Waals surface area contributed by atoms with Crippen LogP contribution in [0.25, 0.3) is 0 Å². The number of guanidine groups is 1. The first-order valence-electron chi connectivity index (χ1n) is 7.53. The molecule has 1 rings (SSSR count). The molecule has 0 spiro atoms. The van der Waals surface area contributed by atoms with Crippen LogP contribution in [0.3, 0.4) is 0 Å². The van der Waals surface area contributed by atoms with Crippen molar-refractivity contribution in [1.29, 1.82) is 0 Å². The van der Waals surface area contributed by atoms with Gasteiger partial charge in [0.05, 0.1) is 5.75 Å². The highest BCUT2D eigenvalue weighted by atomic mass is 32.2. The van der Waals surface area contributed by atoms with E-state index in [1.54, 1.807) is 14.0 Å². The van der Waals surface area contributed by atoms with E-state index in [1.807, 2.05) is 0 Å². The maximum Gasteiger partial charge on any atom is 0.211 e. The Labute approximate surface area is 129 Å². The van der Waals surface area contributed by atoms with E-state index in [4.69, 9.17) is 0 Å². The predicted octanol–water partition coefficient (Wildman–Crippen LogP) is 1.01. The minimum Gasteiger partial charge on any atom is -0.356 e. The third-order valence-electron chi connectivity index (χ3n) is 4.69. The number of rotatable bonds is 6. The molecule has 21 heavy (non-hydrogen) atoms. The third kappa shape index (κ3) is 4.10. The van der Waals surface area contributed by atoms with Crippen LogP contribution >= 0.6 is 0 Å². The number of nitrogens with one attached hydrogen (secondary N) is 2. The molecule has 0 bridgehead atoms. The van der Waals surface area contributed by atoms with Crippen LogP contribution in [0.1, 0.15) is 41.0 Å². The fraction of sp³-hybridized carbons (Fsp3) is 0.929. The van der Waals surface area contributed by atoms with Gasteiger partial charge in [0.2, 0.25) is 10.0 Å². The van der Waals surface area contributed by atoms with Gasteiger partial charge in [-0.05, 0) is 27.2 Å². The monoisotopic (exact) mass is 318 g/mol. The Kier molecular flexibility index (Phi) is 5.66. The number of nitrogens with zero attached hydrogens (tertiary/aromatic N) is 2. The second kappa shape index (κ2) is 6.52. The van der Waals surface area contributed by atoms with Crippen molar-refractivity contribution in [3.63, 3.8) is 0 Å². The van der Waals surface area contributed by atoms with Gasteiger partial charge in [-0.1, -0.05) is 13.8 Å². The molecule has 1 heterocycles. The van der Waals surface area contributed by atoms with Crippen molar-refractivity contribution in [3.05, 3.63) is 0 Å². The lowest BCUT2D eigenvalue weighted by Crippen LogP contribution is -2.72. The summed E-state index contributed by atoms with van der Waals surface area (Å²) in [7, 11) is -1.31. The maximum absolute atomic E-state index is 11.3. The fourth-order valence-corrected chi connectivity index (χ4v) is 2.97. The largest absolute Gasteiger partial charge is 0.356 e. The maximum atomic E-state index is 11.3. The van der Waals surface area contributed by atoms with Crippen LogP contribution in [0.5, 0.6) is 0 Å². The summed E-state index contributed by atoms with van der Waals surface area (Å²) in [4.78, 5) is 6.59. The molecule has 124 valence electrons. The van der Waals surface area contributed by atoms with E-state index in [2.05, 4.69) is 47.6 Å². The molecule has 1 aliphatic heterocycles. The number of sulfonamides is 1. The van der Waals surface area contributed by atoms with E-state index in [0.29, 0.717) is 13.1 Å². The molecule has 0 amide bonds. The van der Waals surface area contributed by atoms with Gasteiger partial charge in [0.25, 0.3) is 0 Å². The van der Waals surface area contributed by atoms with Crippen molar-refractivity contribution in [2.75, 3.05) is 32.4 Å². The Bertz CT molecular complexity index is 483. The zero-order chi connectivity index (χ0) is 16.3. The summed E-state index contributed by atoms with van der Waals surface area (Å²) in [5.74, 6) is 1.01. The lowest BCUT2D eigenvalue weighted by molar-refractivity contribution is -0.0667. The quantitative estimate of drug-likeness (QED) is 0.435. The molecule has 0 unspecified atom stereocenters. The predicted molar refractivity (Wildman–Crippen MR) is 88.0 cm³/mol. The second-order valence-electron chi connectivity index (χ2n) is 6.65. The lowest BCUT2D eigenvalue weighted by Gasteiger charge is -2.62. The van der Waals surface area contributed by atoms with Crippen molar-refractivity contribution in [2.24, 2.45) is 10.4 Å². The van der Waals surface area contributed by atoms with Gasteiger partial charge >= 0.3 is 0 Å². The van der Waals surface area contributed by atoms with E-state index in [1.165, 1.54) is 0 Å². The van der Waals surface area contributed by atoms with Crippen LogP contribution in [0.15, 0.2) is 4.99 Å². The van der Waals surface area contributed by atoms with Crippen molar-refractivity contribution in [1.82, 2.24) is 14.9 Å². The van der Waals surface area contributed by atoms with Gasteiger partial charge in [-0.2, -0.15) is 0 Å². The highest BCUT2D eigenvalue weighted by Gasteiger charge is 2.53. The van der Waals surface area contributed by atoms with Gasteiger partial charge in [0.1, 0.15) is 0 Å². The SMILES string of the molecule is CCS(=O)(=O)NCCCNC(=NC)N1CC(C)(C)C1(C)C. The fourth-order valence-electron chi connectivity index (χ4n) is 2.31. The minimum atomic E-state index is -3.09. The minimum absolute atomic E-state index is 0.0681. The number of aliphatic imine (C=N–C) groups is 1. The van der Waals surface area contributed by atoms with Crippen LogP contribution in [0.2, 0.25) is 0 Å². The standard InChI is InChI=1S/C14H30N4O2S/c1-7-21(19,20)17-10-8-9-16-12(15-6)18-11-13(2,3)14(18,4)5/h17H,7-11H2,1-6H3,(H,15,16). The molecule has 2 N–H and O–H groups in total. The molecule has 0 saturated carbocycles. The highest BCUT2D eigenvalue weighted by molar-refractivity contribution is 7.89. The zero-order valence-corrected chi connectivity index (χ0v) is 15.0. The van der Waals surface area contributed by atoms with Gasteiger partial charge in [0.15, 0.2) is 5.96 Å². The first-order chi connectivity index (χ1) is 9.57. The van der Waals surface area contributed by atoms with Gasteiger partial charge in [-0.25, -0.2) is 13.1 Å². The van der Waals surface area contributed by atoms with Crippen LogP contribution in [0.4, 0.5) is 0 Å². The normalized spacial score (nSPS) is 21.0. The third-order valence-corrected chi connectivity index (χ3v) is 6.09. The Hall–Kier alpha value is -0.820. The molecular weight excluding hydrogens is 288 g/mol. The Morgan fingerprint density at radius 1 is 1.24 bits per heavy atom. The van der Waals surface area contributed by atoms with Crippen molar-refractivity contribution >= 4 is 16.0 Å². The molecule has 0 aromatic carbocycles. The Balaban J connectivity index is 2.38. The molecule has 0 atom stereocenters. The number of hydrogen-bond acceptors (Lipinski definition) is 3. The van der Waals surface area contributed by atoms with E-state index in [0.717, 1.165) is 18.9 Å². The summed E-state index contributed by atoms with van der Waals surface area (Å²) in [6, 6.07) is 0. The van der Waals surface area contributed by atoms with E-state index in [9.17, 15) is 8.42 Å². The Morgan fingerprint density at radius 3 is 2.29 bits per heavy atom. The van der Waals surface area contributed by atoms with E-state index in [-0.39, 0.29) is 16.7 Å². The van der Waals surface area contributed by atoms with Crippen molar-refractivity contribution in [2.45, 2.75) is 46.6 Å². The van der Waals surface area contributed by atoms with Gasteiger partial charge in [-0.15, -0.1) is 0 Å². The molecule has 6 nitrogen and oxygen atoms in total. The molecule has 0 aromatic rings. The van der Waals surface area contributed by atoms with Gasteiger partial charge in [-0.3, -0.25) is 4.99 Å². The molecule has 0 aromatic heterocycles. The average molecular weight is 318 g/mol. The van der Waals surface area contributed by atoms with Crippen LogP contribution in [-0.4, -0.2) is 57.3 Å². The van der Waals surface area contributed by atoms with E-state index >= 15 is 0 Å². The molecule has 1 fully saturated rings. The van der Waals surface area contributed by atoms with Gasteiger partial charge in [0, 0.05) is 37.6 Å². The van der Waals surface area contributed by atoms with Crippen LogP contribution in [0, 0.1) is 5.41 Å². The van der Waals surface area contributed by atoms with E-state index < -0.39 is 10.0 Å². The van der Waals surface area contributed by atoms with Crippen LogP contribution in [-0.2, 0) is 10.0 Å². The summed E-state index contributed by atoms with van der Waals surface area (Å²) in [5.41, 5.74) is 0.333.